The number of nitrogens with one attached hydrogen (secondary N) is 1. The minimum Gasteiger partial charge on any atom is -0.343 e. The summed E-state index contributed by atoms with van der Waals surface area (Å²) in [6, 6.07) is 13.9. The van der Waals surface area contributed by atoms with Gasteiger partial charge in [-0.2, -0.15) is 0 Å². The fraction of sp³-hybridized carbons (Fsp3) is 0.235. The van der Waals surface area contributed by atoms with E-state index in [1.807, 2.05) is 37.3 Å². The number of aryl methyl sites for hydroxylation is 1. The fourth-order valence-electron chi connectivity index (χ4n) is 2.39. The van der Waals surface area contributed by atoms with Crippen molar-refractivity contribution in [3.8, 4) is 0 Å². The van der Waals surface area contributed by atoms with Gasteiger partial charge < -0.3 is 5.32 Å². The van der Waals surface area contributed by atoms with Gasteiger partial charge in [-0.05, 0) is 49.6 Å². The first-order valence-electron chi connectivity index (χ1n) is 6.74. The zero-order valence-electron chi connectivity index (χ0n) is 11.3. The summed E-state index contributed by atoms with van der Waals surface area (Å²) < 4.78 is 13.3. The number of hydrogen-bond donors (Lipinski definition) is 1. The average Bonchev–Trinajstić information content (AvgIpc) is 3.20. The van der Waals surface area contributed by atoms with Gasteiger partial charge >= 0.3 is 0 Å². The molecule has 1 N–H and O–H groups in total. The van der Waals surface area contributed by atoms with E-state index in [1.54, 1.807) is 6.07 Å². The van der Waals surface area contributed by atoms with Gasteiger partial charge in [0, 0.05) is 5.56 Å². The fourth-order valence-corrected chi connectivity index (χ4v) is 2.39. The summed E-state index contributed by atoms with van der Waals surface area (Å²) in [5.41, 5.74) is 2.22. The quantitative estimate of drug-likeness (QED) is 0.907. The Balaban J connectivity index is 1.80. The van der Waals surface area contributed by atoms with Crippen LogP contribution in [0.25, 0.3) is 0 Å². The molecule has 0 bridgehead atoms. The van der Waals surface area contributed by atoms with Crippen molar-refractivity contribution < 1.29 is 9.18 Å². The number of carbonyl (C=O) groups excluding carboxylic acids is 1. The second kappa shape index (κ2) is 4.75. The lowest BCUT2D eigenvalue weighted by Crippen LogP contribution is -2.34. The van der Waals surface area contributed by atoms with Gasteiger partial charge in [-0.15, -0.1) is 0 Å². The standard InChI is InChI=1S/C17H16FNO/c1-12-5-7-13(8-6-12)16(20)19-17(9-10-17)14-3-2-4-15(18)11-14/h2-8,11H,9-10H2,1H3,(H,19,20). The van der Waals surface area contributed by atoms with Crippen LogP contribution in [0.4, 0.5) is 4.39 Å². The predicted molar refractivity (Wildman–Crippen MR) is 76.0 cm³/mol. The SMILES string of the molecule is Cc1ccc(C(=O)NC2(c3cccc(F)c3)CC2)cc1. The Morgan fingerprint density at radius 3 is 2.45 bits per heavy atom. The highest BCUT2D eigenvalue weighted by Gasteiger charge is 2.45. The van der Waals surface area contributed by atoms with E-state index in [9.17, 15) is 9.18 Å². The highest BCUT2D eigenvalue weighted by molar-refractivity contribution is 5.95. The molecule has 1 saturated carbocycles. The maximum absolute atomic E-state index is 13.3. The molecule has 3 heteroatoms. The lowest BCUT2D eigenvalue weighted by atomic mass is 10.0. The van der Waals surface area contributed by atoms with E-state index in [0.717, 1.165) is 24.0 Å². The van der Waals surface area contributed by atoms with Crippen LogP contribution in [0.2, 0.25) is 0 Å². The topological polar surface area (TPSA) is 29.1 Å². The number of rotatable bonds is 3. The molecule has 20 heavy (non-hydrogen) atoms. The zero-order valence-corrected chi connectivity index (χ0v) is 11.3. The van der Waals surface area contributed by atoms with Gasteiger partial charge in [0.1, 0.15) is 5.82 Å². The molecule has 0 heterocycles. The zero-order chi connectivity index (χ0) is 14.2. The van der Waals surface area contributed by atoms with Crippen LogP contribution in [0, 0.1) is 12.7 Å². The molecule has 3 rings (SSSR count). The first-order chi connectivity index (χ1) is 9.59. The Kier molecular flexibility index (Phi) is 3.05. The second-order valence-corrected chi connectivity index (χ2v) is 5.41. The predicted octanol–water partition coefficient (Wildman–Crippen LogP) is 3.55. The van der Waals surface area contributed by atoms with Crippen LogP contribution in [-0.4, -0.2) is 5.91 Å². The molecule has 0 aromatic heterocycles. The molecule has 2 nitrogen and oxygen atoms in total. The van der Waals surface area contributed by atoms with Gasteiger partial charge in [-0.1, -0.05) is 29.8 Å². The van der Waals surface area contributed by atoms with Gasteiger partial charge in [-0.3, -0.25) is 4.79 Å². The van der Waals surface area contributed by atoms with Crippen LogP contribution in [0.1, 0.15) is 34.3 Å². The van der Waals surface area contributed by atoms with E-state index in [0.29, 0.717) is 5.56 Å². The van der Waals surface area contributed by atoms with Crippen molar-refractivity contribution in [2.45, 2.75) is 25.3 Å². The summed E-state index contributed by atoms with van der Waals surface area (Å²) in [6.07, 6.45) is 1.71. The van der Waals surface area contributed by atoms with E-state index in [1.165, 1.54) is 12.1 Å². The average molecular weight is 269 g/mol. The number of halogens is 1. The molecule has 1 aliphatic rings. The number of benzene rings is 2. The number of hydrogen-bond acceptors (Lipinski definition) is 1. The van der Waals surface area contributed by atoms with Crippen LogP contribution in [-0.2, 0) is 5.54 Å². The maximum Gasteiger partial charge on any atom is 0.251 e. The Morgan fingerprint density at radius 2 is 1.85 bits per heavy atom. The molecule has 1 amide bonds. The molecule has 1 fully saturated rings. The second-order valence-electron chi connectivity index (χ2n) is 5.41. The van der Waals surface area contributed by atoms with Crippen LogP contribution in [0.5, 0.6) is 0 Å². The summed E-state index contributed by atoms with van der Waals surface area (Å²) in [5.74, 6) is -0.370. The first-order valence-corrected chi connectivity index (χ1v) is 6.74. The summed E-state index contributed by atoms with van der Waals surface area (Å²) in [7, 11) is 0. The van der Waals surface area contributed by atoms with E-state index in [-0.39, 0.29) is 17.3 Å². The van der Waals surface area contributed by atoms with Crippen molar-refractivity contribution in [1.29, 1.82) is 0 Å². The largest absolute Gasteiger partial charge is 0.343 e. The van der Waals surface area contributed by atoms with E-state index in [4.69, 9.17) is 0 Å². The molecule has 2 aromatic rings. The minimum atomic E-state index is -0.385. The summed E-state index contributed by atoms with van der Waals surface area (Å²) in [5, 5.41) is 3.04. The number of carbonyl (C=O) groups is 1. The summed E-state index contributed by atoms with van der Waals surface area (Å²) >= 11 is 0. The molecule has 0 atom stereocenters. The molecule has 102 valence electrons. The molecule has 2 aromatic carbocycles. The normalized spacial score (nSPS) is 15.7. The van der Waals surface area contributed by atoms with E-state index in [2.05, 4.69) is 5.32 Å². The summed E-state index contributed by atoms with van der Waals surface area (Å²) in [4.78, 5) is 12.3. The molecule has 1 aliphatic carbocycles. The van der Waals surface area contributed by atoms with Gasteiger partial charge in [-0.25, -0.2) is 4.39 Å². The summed E-state index contributed by atoms with van der Waals surface area (Å²) in [6.45, 7) is 1.98. The van der Waals surface area contributed by atoms with Crippen molar-refractivity contribution in [1.82, 2.24) is 5.32 Å². The monoisotopic (exact) mass is 269 g/mol. The molecule has 0 saturated heterocycles. The van der Waals surface area contributed by atoms with Crippen LogP contribution in [0.3, 0.4) is 0 Å². The minimum absolute atomic E-state index is 0.105. The van der Waals surface area contributed by atoms with Crippen molar-refractivity contribution in [2.24, 2.45) is 0 Å². The molecule has 0 unspecified atom stereocenters. The van der Waals surface area contributed by atoms with Gasteiger partial charge in [0.15, 0.2) is 0 Å². The van der Waals surface area contributed by atoms with Crippen LogP contribution >= 0.6 is 0 Å². The Hall–Kier alpha value is -2.16. The highest BCUT2D eigenvalue weighted by atomic mass is 19.1. The van der Waals surface area contributed by atoms with Crippen molar-refractivity contribution >= 4 is 5.91 Å². The molecule has 0 spiro atoms. The third-order valence-corrected chi connectivity index (χ3v) is 3.79. The third kappa shape index (κ3) is 2.44. The molecular weight excluding hydrogens is 253 g/mol. The molecule has 0 aliphatic heterocycles. The Labute approximate surface area is 117 Å². The maximum atomic E-state index is 13.3. The lowest BCUT2D eigenvalue weighted by Gasteiger charge is -2.18. The molecule has 0 radical (unpaired) electrons. The van der Waals surface area contributed by atoms with E-state index >= 15 is 0 Å². The number of amides is 1. The van der Waals surface area contributed by atoms with Gasteiger partial charge in [0.25, 0.3) is 5.91 Å². The Bertz CT molecular complexity index is 644. The van der Waals surface area contributed by atoms with E-state index < -0.39 is 0 Å². The Morgan fingerprint density at radius 1 is 1.15 bits per heavy atom. The first kappa shape index (κ1) is 12.9. The smallest absolute Gasteiger partial charge is 0.251 e. The van der Waals surface area contributed by atoms with Gasteiger partial charge in [0.2, 0.25) is 0 Å². The third-order valence-electron chi connectivity index (χ3n) is 3.79. The van der Waals surface area contributed by atoms with Crippen LogP contribution in [0.15, 0.2) is 48.5 Å². The lowest BCUT2D eigenvalue weighted by molar-refractivity contribution is 0.0930. The van der Waals surface area contributed by atoms with Crippen molar-refractivity contribution in [3.05, 3.63) is 71.0 Å². The van der Waals surface area contributed by atoms with Gasteiger partial charge in [0.05, 0.1) is 5.54 Å². The van der Waals surface area contributed by atoms with Crippen LogP contribution < -0.4 is 5.32 Å². The van der Waals surface area contributed by atoms with Crippen molar-refractivity contribution in [2.75, 3.05) is 0 Å². The van der Waals surface area contributed by atoms with Crippen molar-refractivity contribution in [3.63, 3.8) is 0 Å². The highest BCUT2D eigenvalue weighted by Crippen LogP contribution is 2.45. The molecular formula is C17H16FNO.